The van der Waals surface area contributed by atoms with Crippen LogP contribution < -0.4 is 0 Å². The van der Waals surface area contributed by atoms with Crippen molar-refractivity contribution in [2.24, 2.45) is 0 Å². The Kier molecular flexibility index (Phi) is 4.13. The Labute approximate surface area is 99.0 Å². The third kappa shape index (κ3) is 3.19. The van der Waals surface area contributed by atoms with Crippen LogP contribution in [0, 0.1) is 24.3 Å². The van der Waals surface area contributed by atoms with Crippen LogP contribution in [-0.4, -0.2) is 10.9 Å². The maximum absolute atomic E-state index is 10.9. The molecule has 15 heavy (non-hydrogen) atoms. The number of hydrogen-bond acceptors (Lipinski definition) is 2. The molecule has 1 aromatic rings. The van der Waals surface area contributed by atoms with E-state index < -0.39 is 20.2 Å². The topological polar surface area (TPSA) is 26.3 Å². The van der Waals surface area contributed by atoms with Gasteiger partial charge < -0.3 is 0 Å². The van der Waals surface area contributed by atoms with E-state index in [1.165, 1.54) is 27.2 Å². The van der Waals surface area contributed by atoms with E-state index >= 15 is 0 Å². The molecule has 0 aliphatic rings. The Bertz CT molecular complexity index is 362. The predicted molar refractivity (Wildman–Crippen MR) is 71.1 cm³/mol. The Morgan fingerprint density at radius 1 is 1.20 bits per heavy atom. The number of carbonyl (C=O) groups excluding carboxylic acids is 1. The van der Waals surface area contributed by atoms with Gasteiger partial charge in [-0.1, -0.05) is 0 Å². The molecule has 84 valence electrons. The SMILES string of the molecule is CC(=O)OI(C)c1c(C)cc(C)cc1C. The first-order valence-electron chi connectivity index (χ1n) is 4.78. The van der Waals surface area contributed by atoms with Crippen LogP contribution in [0.1, 0.15) is 23.6 Å². The van der Waals surface area contributed by atoms with Crippen LogP contribution in [0.4, 0.5) is 0 Å². The summed E-state index contributed by atoms with van der Waals surface area (Å²) in [5, 5.41) is 0. The minimum absolute atomic E-state index is 0.165. The van der Waals surface area contributed by atoms with E-state index in [-0.39, 0.29) is 5.97 Å². The van der Waals surface area contributed by atoms with Gasteiger partial charge in [-0.3, -0.25) is 0 Å². The van der Waals surface area contributed by atoms with Crippen LogP contribution in [0.25, 0.3) is 0 Å². The summed E-state index contributed by atoms with van der Waals surface area (Å²) in [6.07, 6.45) is 0. The minimum atomic E-state index is -1.75. The summed E-state index contributed by atoms with van der Waals surface area (Å²) in [4.78, 5) is 13.0. The van der Waals surface area contributed by atoms with Crippen molar-refractivity contribution in [2.45, 2.75) is 27.7 Å². The molecule has 2 nitrogen and oxygen atoms in total. The molecule has 0 radical (unpaired) electrons. The van der Waals surface area contributed by atoms with Crippen molar-refractivity contribution in [3.63, 3.8) is 0 Å². The fourth-order valence-electron chi connectivity index (χ4n) is 1.78. The zero-order valence-electron chi connectivity index (χ0n) is 9.85. The molecule has 0 saturated carbocycles. The molecule has 0 aliphatic heterocycles. The van der Waals surface area contributed by atoms with Gasteiger partial charge in [-0.05, 0) is 0 Å². The summed E-state index contributed by atoms with van der Waals surface area (Å²) in [5.74, 6) is -0.165. The van der Waals surface area contributed by atoms with Crippen molar-refractivity contribution in [3.05, 3.63) is 32.4 Å². The molecule has 0 amide bonds. The number of hydrogen-bond donors (Lipinski definition) is 0. The van der Waals surface area contributed by atoms with Gasteiger partial charge in [-0.25, -0.2) is 0 Å². The number of aryl methyl sites for hydroxylation is 3. The molecule has 0 aliphatic carbocycles. The standard InChI is InChI=1S/C12H17IO2/c1-8-6-9(2)12(10(3)7-8)13(5)15-11(4)14/h6-7H,1-5H3. The van der Waals surface area contributed by atoms with Gasteiger partial charge in [0.15, 0.2) is 0 Å². The summed E-state index contributed by atoms with van der Waals surface area (Å²) in [6.45, 7) is 7.75. The number of carbonyl (C=O) groups is 1. The van der Waals surface area contributed by atoms with Crippen molar-refractivity contribution in [3.8, 4) is 0 Å². The molecule has 0 heterocycles. The number of alkyl halides is 1. The van der Waals surface area contributed by atoms with E-state index in [1.54, 1.807) is 0 Å². The summed E-state index contributed by atoms with van der Waals surface area (Å²) in [5.41, 5.74) is 3.77. The van der Waals surface area contributed by atoms with Crippen LogP contribution >= 0.6 is 20.2 Å². The van der Waals surface area contributed by atoms with Gasteiger partial charge in [0.25, 0.3) is 0 Å². The molecular weight excluding hydrogens is 303 g/mol. The zero-order valence-corrected chi connectivity index (χ0v) is 12.0. The second-order valence-corrected chi connectivity index (χ2v) is 7.62. The van der Waals surface area contributed by atoms with Gasteiger partial charge in [0, 0.05) is 0 Å². The Morgan fingerprint density at radius 3 is 2.07 bits per heavy atom. The second kappa shape index (κ2) is 4.96. The van der Waals surface area contributed by atoms with Gasteiger partial charge in [-0.2, -0.15) is 0 Å². The molecule has 0 fully saturated rings. The molecule has 0 N–H and O–H groups in total. The molecule has 1 rings (SSSR count). The second-order valence-electron chi connectivity index (χ2n) is 3.70. The molecule has 0 atom stereocenters. The predicted octanol–water partition coefficient (Wildman–Crippen LogP) is 3.40. The van der Waals surface area contributed by atoms with Crippen LogP contribution in [0.3, 0.4) is 0 Å². The van der Waals surface area contributed by atoms with E-state index in [0.29, 0.717) is 0 Å². The number of halogens is 1. The van der Waals surface area contributed by atoms with E-state index in [2.05, 4.69) is 37.8 Å². The summed E-state index contributed by atoms with van der Waals surface area (Å²) < 4.78 is 6.63. The molecule has 0 bridgehead atoms. The van der Waals surface area contributed by atoms with Crippen molar-refractivity contribution in [1.29, 1.82) is 0 Å². The van der Waals surface area contributed by atoms with Gasteiger partial charge >= 0.3 is 99.1 Å². The first-order valence-corrected chi connectivity index (χ1v) is 8.90. The van der Waals surface area contributed by atoms with Gasteiger partial charge in [0.05, 0.1) is 0 Å². The van der Waals surface area contributed by atoms with Crippen molar-refractivity contribution in [1.82, 2.24) is 0 Å². The Morgan fingerprint density at radius 2 is 1.67 bits per heavy atom. The molecule has 3 heteroatoms. The third-order valence-electron chi connectivity index (χ3n) is 2.07. The Balaban J connectivity index is 3.08. The number of rotatable bonds is 2. The summed E-state index contributed by atoms with van der Waals surface area (Å²) >= 11 is -1.75. The first kappa shape index (κ1) is 12.5. The van der Waals surface area contributed by atoms with Crippen molar-refractivity contribution in [2.75, 3.05) is 4.93 Å². The van der Waals surface area contributed by atoms with E-state index in [0.717, 1.165) is 0 Å². The molecule has 0 saturated heterocycles. The molecule has 0 unspecified atom stereocenters. The fraction of sp³-hybridized carbons (Fsp3) is 0.417. The van der Waals surface area contributed by atoms with Gasteiger partial charge in [0.1, 0.15) is 0 Å². The van der Waals surface area contributed by atoms with Gasteiger partial charge in [0.2, 0.25) is 0 Å². The first-order chi connectivity index (χ1) is 6.91. The molecule has 0 spiro atoms. The Hall–Kier alpha value is -0.580. The van der Waals surface area contributed by atoms with E-state index in [9.17, 15) is 4.79 Å². The van der Waals surface area contributed by atoms with Crippen LogP contribution in [-0.2, 0) is 7.86 Å². The average Bonchev–Trinajstić information content (AvgIpc) is 1.99. The van der Waals surface area contributed by atoms with E-state index in [4.69, 9.17) is 3.07 Å². The van der Waals surface area contributed by atoms with Crippen molar-refractivity contribution < 1.29 is 7.86 Å². The van der Waals surface area contributed by atoms with E-state index in [1.807, 2.05) is 0 Å². The number of benzene rings is 1. The zero-order chi connectivity index (χ0) is 11.6. The van der Waals surface area contributed by atoms with Gasteiger partial charge in [-0.15, -0.1) is 0 Å². The molecular formula is C12H17IO2. The summed E-state index contributed by atoms with van der Waals surface area (Å²) in [6, 6.07) is 4.31. The fourth-order valence-corrected chi connectivity index (χ4v) is 5.64. The van der Waals surface area contributed by atoms with Crippen LogP contribution in [0.5, 0.6) is 0 Å². The van der Waals surface area contributed by atoms with Crippen molar-refractivity contribution >= 4 is 26.2 Å². The average molecular weight is 320 g/mol. The summed E-state index contributed by atoms with van der Waals surface area (Å²) in [7, 11) is 0. The normalized spacial score (nSPS) is 11.1. The van der Waals surface area contributed by atoms with Crippen LogP contribution in [0.2, 0.25) is 0 Å². The monoisotopic (exact) mass is 320 g/mol. The maximum atomic E-state index is 10.9. The van der Waals surface area contributed by atoms with Crippen LogP contribution in [0.15, 0.2) is 12.1 Å². The quantitative estimate of drug-likeness (QED) is 0.617. The third-order valence-corrected chi connectivity index (χ3v) is 6.57. The molecule has 1 aromatic carbocycles. The molecule has 0 aromatic heterocycles.